The summed E-state index contributed by atoms with van der Waals surface area (Å²) in [6.45, 7) is 3.36. The molecule has 6 heteroatoms. The van der Waals surface area contributed by atoms with E-state index in [1.54, 1.807) is 6.08 Å². The fraction of sp³-hybridized carbons (Fsp3) is 0.786. The van der Waals surface area contributed by atoms with E-state index in [0.29, 0.717) is 39.5 Å². The summed E-state index contributed by atoms with van der Waals surface area (Å²) in [6.07, 6.45) is 6.46. The Morgan fingerprint density at radius 2 is 1.90 bits per heavy atom. The van der Waals surface area contributed by atoms with Crippen LogP contribution in [0.5, 0.6) is 0 Å². The third-order valence-corrected chi connectivity index (χ3v) is 2.73. The smallest absolute Gasteiger partial charge is 0.327 e. The summed E-state index contributed by atoms with van der Waals surface area (Å²) in [7, 11) is 0. The lowest BCUT2D eigenvalue weighted by molar-refractivity contribution is -0.169. The van der Waals surface area contributed by atoms with Gasteiger partial charge in [0.1, 0.15) is 0 Å². The van der Waals surface area contributed by atoms with Crippen LogP contribution in [0.25, 0.3) is 0 Å². The van der Waals surface area contributed by atoms with Crippen molar-refractivity contribution >= 4 is 5.97 Å². The highest BCUT2D eigenvalue weighted by Crippen LogP contribution is 2.13. The molecule has 1 fully saturated rings. The molecule has 1 N–H and O–H groups in total. The lowest BCUT2D eigenvalue weighted by Gasteiger charge is -2.22. The molecule has 116 valence electrons. The maximum absolute atomic E-state index is 10.2. The molecule has 1 aliphatic rings. The SMILES string of the molecule is O=C(O)C=CCCOCCOCCOC1CCCCO1. The first-order chi connectivity index (χ1) is 9.79. The fourth-order valence-corrected chi connectivity index (χ4v) is 1.74. The Morgan fingerprint density at radius 1 is 1.15 bits per heavy atom. The number of carboxylic acids is 1. The molecule has 1 rings (SSSR count). The van der Waals surface area contributed by atoms with Crippen LogP contribution in [0.2, 0.25) is 0 Å². The first-order valence-electron chi connectivity index (χ1n) is 7.07. The molecule has 0 aromatic rings. The summed E-state index contributed by atoms with van der Waals surface area (Å²) < 4.78 is 21.6. The van der Waals surface area contributed by atoms with Crippen LogP contribution in [-0.2, 0) is 23.7 Å². The molecule has 0 aliphatic carbocycles. The van der Waals surface area contributed by atoms with Crippen molar-refractivity contribution in [2.24, 2.45) is 0 Å². The van der Waals surface area contributed by atoms with Crippen LogP contribution in [0, 0.1) is 0 Å². The highest BCUT2D eigenvalue weighted by molar-refractivity contribution is 5.79. The second-order valence-corrected chi connectivity index (χ2v) is 4.42. The number of carbonyl (C=O) groups is 1. The van der Waals surface area contributed by atoms with Gasteiger partial charge in [-0.1, -0.05) is 6.08 Å². The molecule has 0 aromatic carbocycles. The molecule has 20 heavy (non-hydrogen) atoms. The van der Waals surface area contributed by atoms with E-state index in [0.717, 1.165) is 31.9 Å². The topological polar surface area (TPSA) is 74.2 Å². The van der Waals surface area contributed by atoms with Crippen molar-refractivity contribution in [3.8, 4) is 0 Å². The van der Waals surface area contributed by atoms with Crippen molar-refractivity contribution in [1.82, 2.24) is 0 Å². The number of carboxylic acid groups (broad SMARTS) is 1. The molecule has 0 radical (unpaired) electrons. The highest BCUT2D eigenvalue weighted by Gasteiger charge is 2.13. The van der Waals surface area contributed by atoms with Crippen molar-refractivity contribution < 1.29 is 28.8 Å². The van der Waals surface area contributed by atoms with Crippen LogP contribution in [0.1, 0.15) is 25.7 Å². The lowest BCUT2D eigenvalue weighted by atomic mass is 10.2. The molecule has 0 aromatic heterocycles. The quantitative estimate of drug-likeness (QED) is 0.460. The van der Waals surface area contributed by atoms with Crippen LogP contribution in [0.3, 0.4) is 0 Å². The Morgan fingerprint density at radius 3 is 2.60 bits per heavy atom. The summed E-state index contributed by atoms with van der Waals surface area (Å²) in [6, 6.07) is 0. The van der Waals surface area contributed by atoms with Gasteiger partial charge in [0, 0.05) is 12.7 Å². The summed E-state index contributed by atoms with van der Waals surface area (Å²) in [5.41, 5.74) is 0. The van der Waals surface area contributed by atoms with Gasteiger partial charge < -0.3 is 24.1 Å². The molecule has 1 aliphatic heterocycles. The Bertz CT molecular complexity index is 273. The molecule has 0 bridgehead atoms. The molecule has 0 saturated carbocycles. The largest absolute Gasteiger partial charge is 0.478 e. The lowest BCUT2D eigenvalue weighted by Crippen LogP contribution is -2.24. The van der Waals surface area contributed by atoms with Crippen molar-refractivity contribution in [2.75, 3.05) is 39.6 Å². The predicted octanol–water partition coefficient (Wildman–Crippen LogP) is 1.59. The predicted molar refractivity (Wildman–Crippen MR) is 72.6 cm³/mol. The molecule has 0 amide bonds. The second kappa shape index (κ2) is 11.8. The van der Waals surface area contributed by atoms with Gasteiger partial charge in [0.15, 0.2) is 6.29 Å². The molecule has 1 saturated heterocycles. The molecule has 0 spiro atoms. The number of hydrogen-bond donors (Lipinski definition) is 1. The van der Waals surface area contributed by atoms with E-state index in [-0.39, 0.29) is 6.29 Å². The average molecular weight is 288 g/mol. The van der Waals surface area contributed by atoms with Crippen LogP contribution in [-0.4, -0.2) is 57.0 Å². The van der Waals surface area contributed by atoms with E-state index in [2.05, 4.69) is 0 Å². The molecular weight excluding hydrogens is 264 g/mol. The van der Waals surface area contributed by atoms with E-state index < -0.39 is 5.97 Å². The van der Waals surface area contributed by atoms with E-state index in [4.69, 9.17) is 24.1 Å². The van der Waals surface area contributed by atoms with Gasteiger partial charge in [-0.25, -0.2) is 4.79 Å². The van der Waals surface area contributed by atoms with Gasteiger partial charge in [-0.3, -0.25) is 0 Å². The Balaban J connectivity index is 1.77. The standard InChI is InChI=1S/C14H24O6/c15-13(16)5-1-3-7-17-9-10-18-11-12-20-14-6-2-4-8-19-14/h1,5,14H,2-4,6-12H2,(H,15,16). The second-order valence-electron chi connectivity index (χ2n) is 4.42. The fourth-order valence-electron chi connectivity index (χ4n) is 1.74. The molecular formula is C14H24O6. The zero-order valence-electron chi connectivity index (χ0n) is 11.8. The summed E-state index contributed by atoms with van der Waals surface area (Å²) >= 11 is 0. The maximum atomic E-state index is 10.2. The van der Waals surface area contributed by atoms with Crippen LogP contribution in [0.15, 0.2) is 12.2 Å². The zero-order valence-corrected chi connectivity index (χ0v) is 11.8. The van der Waals surface area contributed by atoms with Crippen molar-refractivity contribution in [1.29, 1.82) is 0 Å². The highest BCUT2D eigenvalue weighted by atomic mass is 16.7. The minimum Gasteiger partial charge on any atom is -0.478 e. The van der Waals surface area contributed by atoms with Gasteiger partial charge >= 0.3 is 5.97 Å². The minimum absolute atomic E-state index is 0.0652. The van der Waals surface area contributed by atoms with E-state index >= 15 is 0 Å². The Kier molecular flexibility index (Phi) is 10.1. The third kappa shape index (κ3) is 9.91. The number of ether oxygens (including phenoxy) is 4. The van der Waals surface area contributed by atoms with E-state index in [1.807, 2.05) is 0 Å². The van der Waals surface area contributed by atoms with Crippen molar-refractivity contribution in [3.63, 3.8) is 0 Å². The van der Waals surface area contributed by atoms with Gasteiger partial charge in [0.05, 0.1) is 33.0 Å². The number of rotatable bonds is 11. The van der Waals surface area contributed by atoms with Crippen molar-refractivity contribution in [2.45, 2.75) is 32.0 Å². The van der Waals surface area contributed by atoms with E-state index in [9.17, 15) is 4.79 Å². The van der Waals surface area contributed by atoms with Gasteiger partial charge in [-0.2, -0.15) is 0 Å². The average Bonchev–Trinajstić information content (AvgIpc) is 2.45. The maximum Gasteiger partial charge on any atom is 0.327 e. The van der Waals surface area contributed by atoms with Crippen LogP contribution in [0.4, 0.5) is 0 Å². The summed E-state index contributed by atoms with van der Waals surface area (Å²) in [4.78, 5) is 10.2. The molecule has 1 unspecified atom stereocenters. The zero-order chi connectivity index (χ0) is 14.5. The van der Waals surface area contributed by atoms with Crippen LogP contribution < -0.4 is 0 Å². The summed E-state index contributed by atoms with van der Waals surface area (Å²) in [5.74, 6) is -0.935. The summed E-state index contributed by atoms with van der Waals surface area (Å²) in [5, 5.41) is 8.36. The minimum atomic E-state index is -0.935. The molecule has 6 nitrogen and oxygen atoms in total. The Hall–Kier alpha value is -0.950. The van der Waals surface area contributed by atoms with Gasteiger partial charge in [0.25, 0.3) is 0 Å². The first-order valence-corrected chi connectivity index (χ1v) is 7.07. The molecule has 1 atom stereocenters. The van der Waals surface area contributed by atoms with Gasteiger partial charge in [-0.05, 0) is 25.7 Å². The van der Waals surface area contributed by atoms with E-state index in [1.165, 1.54) is 0 Å². The van der Waals surface area contributed by atoms with Crippen LogP contribution >= 0.6 is 0 Å². The van der Waals surface area contributed by atoms with Gasteiger partial charge in [-0.15, -0.1) is 0 Å². The third-order valence-electron chi connectivity index (χ3n) is 2.73. The monoisotopic (exact) mass is 288 g/mol. The Labute approximate surface area is 119 Å². The number of aliphatic carboxylic acids is 1. The molecule has 1 heterocycles. The first kappa shape index (κ1) is 17.1. The van der Waals surface area contributed by atoms with Gasteiger partial charge in [0.2, 0.25) is 0 Å². The normalized spacial score (nSPS) is 19.5. The van der Waals surface area contributed by atoms with Crippen molar-refractivity contribution in [3.05, 3.63) is 12.2 Å². The number of hydrogen-bond acceptors (Lipinski definition) is 5.